The Kier molecular flexibility index (Phi) is 2.30. The van der Waals surface area contributed by atoms with Crippen molar-refractivity contribution < 1.29 is 4.42 Å². The highest BCUT2D eigenvalue weighted by Gasteiger charge is 2.06. The summed E-state index contributed by atoms with van der Waals surface area (Å²) in [7, 11) is 1.92. The lowest BCUT2D eigenvalue weighted by atomic mass is 10.1. The third-order valence-corrected chi connectivity index (χ3v) is 2.61. The predicted molar refractivity (Wildman–Crippen MR) is 58.5 cm³/mol. The molecule has 0 saturated heterocycles. The molecule has 0 saturated carbocycles. The van der Waals surface area contributed by atoms with Gasteiger partial charge in [0, 0.05) is 5.39 Å². The molecule has 14 heavy (non-hydrogen) atoms. The van der Waals surface area contributed by atoms with Crippen LogP contribution in [0.5, 0.6) is 0 Å². The van der Waals surface area contributed by atoms with Gasteiger partial charge in [0.2, 0.25) is 0 Å². The van der Waals surface area contributed by atoms with E-state index in [1.807, 2.05) is 7.05 Å². The highest BCUT2D eigenvalue weighted by atomic mass is 16.3. The molecule has 0 atom stereocenters. The molecule has 74 valence electrons. The molecule has 1 N–H and O–H groups in total. The van der Waals surface area contributed by atoms with E-state index in [0.29, 0.717) is 0 Å². The largest absolute Gasteiger partial charge is 0.459 e. The number of rotatable bonds is 2. The predicted octanol–water partition coefficient (Wildman–Crippen LogP) is 2.77. The highest BCUT2D eigenvalue weighted by Crippen LogP contribution is 2.24. The summed E-state index contributed by atoms with van der Waals surface area (Å²) in [5, 5.41) is 4.28. The van der Waals surface area contributed by atoms with Crippen LogP contribution >= 0.6 is 0 Å². The standard InChI is InChI=1S/C12H15NO/c1-8-4-5-10-6-11(7-13-3)14-12(10)9(8)2/h4-6,13H,7H2,1-3H3. The number of hydrogen-bond donors (Lipinski definition) is 1. The lowest BCUT2D eigenvalue weighted by Crippen LogP contribution is -2.03. The molecular formula is C12H15NO. The van der Waals surface area contributed by atoms with Crippen LogP contribution in [0.15, 0.2) is 22.6 Å². The molecular weight excluding hydrogens is 174 g/mol. The smallest absolute Gasteiger partial charge is 0.137 e. The van der Waals surface area contributed by atoms with Gasteiger partial charge in [-0.15, -0.1) is 0 Å². The van der Waals surface area contributed by atoms with Gasteiger partial charge in [0.1, 0.15) is 11.3 Å². The summed E-state index contributed by atoms with van der Waals surface area (Å²) >= 11 is 0. The van der Waals surface area contributed by atoms with E-state index in [9.17, 15) is 0 Å². The maximum atomic E-state index is 5.76. The minimum atomic E-state index is 0.785. The average molecular weight is 189 g/mol. The van der Waals surface area contributed by atoms with Crippen molar-refractivity contribution >= 4 is 11.0 Å². The topological polar surface area (TPSA) is 25.2 Å². The Hall–Kier alpha value is -1.28. The minimum absolute atomic E-state index is 0.785. The summed E-state index contributed by atoms with van der Waals surface area (Å²) in [6.45, 7) is 4.99. The van der Waals surface area contributed by atoms with E-state index in [4.69, 9.17) is 4.42 Å². The second-order valence-corrected chi connectivity index (χ2v) is 3.67. The first-order chi connectivity index (χ1) is 6.72. The molecule has 0 unspecified atom stereocenters. The number of aryl methyl sites for hydroxylation is 2. The molecule has 0 aliphatic rings. The van der Waals surface area contributed by atoms with Gasteiger partial charge in [0.05, 0.1) is 6.54 Å². The Morgan fingerprint density at radius 3 is 2.79 bits per heavy atom. The third-order valence-electron chi connectivity index (χ3n) is 2.61. The van der Waals surface area contributed by atoms with Crippen molar-refractivity contribution in [3.8, 4) is 0 Å². The number of hydrogen-bond acceptors (Lipinski definition) is 2. The van der Waals surface area contributed by atoms with E-state index >= 15 is 0 Å². The molecule has 0 aliphatic carbocycles. The average Bonchev–Trinajstić information content (AvgIpc) is 2.56. The van der Waals surface area contributed by atoms with Gasteiger partial charge in [-0.3, -0.25) is 0 Å². The zero-order valence-corrected chi connectivity index (χ0v) is 8.85. The van der Waals surface area contributed by atoms with Crippen molar-refractivity contribution in [2.45, 2.75) is 20.4 Å². The van der Waals surface area contributed by atoms with Crippen LogP contribution in [0, 0.1) is 13.8 Å². The zero-order chi connectivity index (χ0) is 10.1. The summed E-state index contributed by atoms with van der Waals surface area (Å²) in [5.74, 6) is 0.996. The van der Waals surface area contributed by atoms with Crippen molar-refractivity contribution in [3.05, 3.63) is 35.1 Å². The van der Waals surface area contributed by atoms with Crippen LogP contribution in [0.25, 0.3) is 11.0 Å². The lowest BCUT2D eigenvalue weighted by Gasteiger charge is -1.98. The summed E-state index contributed by atoms with van der Waals surface area (Å²) in [4.78, 5) is 0. The van der Waals surface area contributed by atoms with E-state index in [-0.39, 0.29) is 0 Å². The van der Waals surface area contributed by atoms with Gasteiger partial charge in [-0.1, -0.05) is 12.1 Å². The van der Waals surface area contributed by atoms with E-state index < -0.39 is 0 Å². The van der Waals surface area contributed by atoms with Crippen LogP contribution in [0.1, 0.15) is 16.9 Å². The molecule has 0 fully saturated rings. The van der Waals surface area contributed by atoms with E-state index in [2.05, 4.69) is 37.4 Å². The van der Waals surface area contributed by atoms with Crippen molar-refractivity contribution in [3.63, 3.8) is 0 Å². The van der Waals surface area contributed by atoms with Crippen LogP contribution in [0.4, 0.5) is 0 Å². The number of nitrogens with one attached hydrogen (secondary N) is 1. The molecule has 0 spiro atoms. The quantitative estimate of drug-likeness (QED) is 0.785. The fourth-order valence-electron chi connectivity index (χ4n) is 1.66. The first-order valence-electron chi connectivity index (χ1n) is 4.85. The van der Waals surface area contributed by atoms with Crippen LogP contribution in [-0.2, 0) is 6.54 Å². The minimum Gasteiger partial charge on any atom is -0.459 e. The monoisotopic (exact) mass is 189 g/mol. The first-order valence-corrected chi connectivity index (χ1v) is 4.85. The third kappa shape index (κ3) is 1.42. The summed E-state index contributed by atoms with van der Waals surface area (Å²) in [5.41, 5.74) is 3.54. The molecule has 1 aromatic heterocycles. The van der Waals surface area contributed by atoms with Gasteiger partial charge in [-0.05, 0) is 38.1 Å². The number of furan rings is 1. The summed E-state index contributed by atoms with van der Waals surface area (Å²) in [6, 6.07) is 6.34. The van der Waals surface area contributed by atoms with Gasteiger partial charge in [-0.25, -0.2) is 0 Å². The van der Waals surface area contributed by atoms with Crippen molar-refractivity contribution in [1.29, 1.82) is 0 Å². The van der Waals surface area contributed by atoms with Gasteiger partial charge in [0.25, 0.3) is 0 Å². The number of benzene rings is 1. The molecule has 0 radical (unpaired) electrons. The van der Waals surface area contributed by atoms with Crippen LogP contribution in [0.2, 0.25) is 0 Å². The number of fused-ring (bicyclic) bond motifs is 1. The Labute approximate surface area is 83.9 Å². The van der Waals surface area contributed by atoms with Gasteiger partial charge in [-0.2, -0.15) is 0 Å². The second kappa shape index (κ2) is 3.46. The Morgan fingerprint density at radius 1 is 1.29 bits per heavy atom. The molecule has 2 rings (SSSR count). The molecule has 0 bridgehead atoms. The Bertz CT molecular complexity index is 457. The molecule has 2 nitrogen and oxygen atoms in total. The first kappa shape index (κ1) is 9.28. The van der Waals surface area contributed by atoms with E-state index in [1.54, 1.807) is 0 Å². The fraction of sp³-hybridized carbons (Fsp3) is 0.333. The Morgan fingerprint density at radius 2 is 2.07 bits per heavy atom. The van der Waals surface area contributed by atoms with Crippen LogP contribution < -0.4 is 5.32 Å². The molecule has 0 aliphatic heterocycles. The van der Waals surface area contributed by atoms with Gasteiger partial charge < -0.3 is 9.73 Å². The van der Waals surface area contributed by atoms with Gasteiger partial charge in [0.15, 0.2) is 0 Å². The molecule has 1 aromatic carbocycles. The fourth-order valence-corrected chi connectivity index (χ4v) is 1.66. The van der Waals surface area contributed by atoms with Crippen LogP contribution in [0.3, 0.4) is 0 Å². The maximum Gasteiger partial charge on any atom is 0.137 e. The van der Waals surface area contributed by atoms with Crippen molar-refractivity contribution in [1.82, 2.24) is 5.32 Å². The second-order valence-electron chi connectivity index (χ2n) is 3.67. The van der Waals surface area contributed by atoms with Crippen LogP contribution in [-0.4, -0.2) is 7.05 Å². The van der Waals surface area contributed by atoms with E-state index in [0.717, 1.165) is 17.9 Å². The van der Waals surface area contributed by atoms with E-state index in [1.165, 1.54) is 16.5 Å². The highest BCUT2D eigenvalue weighted by molar-refractivity contribution is 5.82. The molecule has 2 heteroatoms. The van der Waals surface area contributed by atoms with Crippen molar-refractivity contribution in [2.24, 2.45) is 0 Å². The Balaban J connectivity index is 2.59. The molecule has 1 heterocycles. The molecule has 2 aromatic rings. The SMILES string of the molecule is CNCc1cc2ccc(C)c(C)c2o1. The van der Waals surface area contributed by atoms with Gasteiger partial charge >= 0.3 is 0 Å². The van der Waals surface area contributed by atoms with Crippen molar-refractivity contribution in [2.75, 3.05) is 7.05 Å². The zero-order valence-electron chi connectivity index (χ0n) is 8.85. The summed E-state index contributed by atoms with van der Waals surface area (Å²) in [6.07, 6.45) is 0. The summed E-state index contributed by atoms with van der Waals surface area (Å²) < 4.78 is 5.76. The maximum absolute atomic E-state index is 5.76. The molecule has 0 amide bonds. The lowest BCUT2D eigenvalue weighted by molar-refractivity contribution is 0.529. The normalized spacial score (nSPS) is 11.1.